The van der Waals surface area contributed by atoms with Gasteiger partial charge >= 0.3 is 0 Å². The average molecular weight is 408 g/mol. The average Bonchev–Trinajstić information content (AvgIpc) is 3.36. The van der Waals surface area contributed by atoms with Crippen LogP contribution >= 0.6 is 11.8 Å². The number of hydrogen-bond acceptors (Lipinski definition) is 5. The highest BCUT2D eigenvalue weighted by Crippen LogP contribution is 2.28. The molecule has 1 saturated carbocycles. The van der Waals surface area contributed by atoms with Gasteiger partial charge in [-0.2, -0.15) is 0 Å². The molecule has 3 aromatic rings. The number of nitrogens with zero attached hydrogens (tertiary/aromatic N) is 4. The van der Waals surface area contributed by atoms with E-state index in [0.717, 1.165) is 35.3 Å². The molecule has 0 radical (unpaired) electrons. The van der Waals surface area contributed by atoms with Gasteiger partial charge in [-0.05, 0) is 62.1 Å². The highest BCUT2D eigenvalue weighted by Gasteiger charge is 2.20. The molecule has 1 N–H and O–H groups in total. The first-order valence-corrected chi connectivity index (χ1v) is 11.0. The van der Waals surface area contributed by atoms with E-state index in [-0.39, 0.29) is 5.91 Å². The van der Waals surface area contributed by atoms with Crippen LogP contribution in [0.15, 0.2) is 47.8 Å². The minimum Gasteiger partial charge on any atom is -0.353 e. The molecule has 1 fully saturated rings. The number of nitrogens with one attached hydrogen (secondary N) is 1. The van der Waals surface area contributed by atoms with Gasteiger partial charge in [0.1, 0.15) is 5.69 Å². The monoisotopic (exact) mass is 407 g/mol. The first-order chi connectivity index (χ1) is 14.1. The van der Waals surface area contributed by atoms with E-state index < -0.39 is 0 Å². The van der Waals surface area contributed by atoms with Gasteiger partial charge in [0, 0.05) is 12.2 Å². The molecule has 2 aromatic heterocycles. The van der Waals surface area contributed by atoms with Gasteiger partial charge in [0.05, 0.1) is 11.4 Å². The van der Waals surface area contributed by atoms with Crippen molar-refractivity contribution in [3.63, 3.8) is 0 Å². The summed E-state index contributed by atoms with van der Waals surface area (Å²) in [4.78, 5) is 16.8. The number of aryl methyl sites for hydroxylation is 2. The van der Waals surface area contributed by atoms with Crippen molar-refractivity contribution in [2.45, 2.75) is 50.7 Å². The van der Waals surface area contributed by atoms with E-state index in [4.69, 9.17) is 0 Å². The summed E-state index contributed by atoms with van der Waals surface area (Å²) in [6, 6.07) is 12.4. The number of carbonyl (C=O) groups is 1. The van der Waals surface area contributed by atoms with Crippen LogP contribution in [0.5, 0.6) is 0 Å². The Balaban J connectivity index is 1.63. The van der Waals surface area contributed by atoms with E-state index in [1.165, 1.54) is 24.6 Å². The normalized spacial score (nSPS) is 14.3. The fraction of sp³-hybridized carbons (Fsp3) is 0.364. The van der Waals surface area contributed by atoms with Gasteiger partial charge in [-0.25, -0.2) is 0 Å². The van der Waals surface area contributed by atoms with Crippen molar-refractivity contribution in [3.8, 4) is 17.2 Å². The third-order valence-corrected chi connectivity index (χ3v) is 5.97. The summed E-state index contributed by atoms with van der Waals surface area (Å²) in [7, 11) is 0. The lowest BCUT2D eigenvalue weighted by Crippen LogP contribution is -2.33. The number of pyridine rings is 1. The fourth-order valence-corrected chi connectivity index (χ4v) is 4.57. The van der Waals surface area contributed by atoms with E-state index in [2.05, 4.69) is 52.5 Å². The standard InChI is InChI=1S/C22H25N5OS/c1-15-11-16(2)13-18(12-15)27-21(19-9-5-6-10-23-19)25-26-22(27)29-14-20(28)24-17-7-3-4-8-17/h5-6,9-13,17H,3-4,7-8,14H2,1-2H3,(H,24,28). The molecule has 1 aliphatic rings. The molecule has 4 rings (SSSR count). The van der Waals surface area contributed by atoms with Crippen LogP contribution < -0.4 is 5.32 Å². The zero-order chi connectivity index (χ0) is 20.2. The van der Waals surface area contributed by atoms with Crippen LogP contribution in [0.4, 0.5) is 0 Å². The molecule has 6 nitrogen and oxygen atoms in total. The summed E-state index contributed by atoms with van der Waals surface area (Å²) in [5.41, 5.74) is 4.06. The predicted octanol–water partition coefficient (Wildman–Crippen LogP) is 4.10. The maximum atomic E-state index is 12.4. The molecule has 0 atom stereocenters. The van der Waals surface area contributed by atoms with E-state index in [1.807, 2.05) is 22.8 Å². The van der Waals surface area contributed by atoms with Gasteiger partial charge in [-0.1, -0.05) is 36.7 Å². The number of hydrogen-bond donors (Lipinski definition) is 1. The topological polar surface area (TPSA) is 72.7 Å². The Labute approximate surface area is 175 Å². The number of aromatic nitrogens is 4. The molecule has 0 unspecified atom stereocenters. The molecular formula is C22H25N5OS. The highest BCUT2D eigenvalue weighted by molar-refractivity contribution is 7.99. The van der Waals surface area contributed by atoms with Gasteiger partial charge in [0.2, 0.25) is 5.91 Å². The largest absolute Gasteiger partial charge is 0.353 e. The number of amides is 1. The van der Waals surface area contributed by atoms with Crippen LogP contribution in [0.1, 0.15) is 36.8 Å². The molecule has 29 heavy (non-hydrogen) atoms. The lowest BCUT2D eigenvalue weighted by molar-refractivity contribution is -0.119. The molecule has 0 aliphatic heterocycles. The van der Waals surface area contributed by atoms with Crippen molar-refractivity contribution in [1.82, 2.24) is 25.1 Å². The number of carbonyl (C=O) groups excluding carboxylic acids is 1. The lowest BCUT2D eigenvalue weighted by atomic mass is 10.1. The molecule has 0 saturated heterocycles. The molecule has 150 valence electrons. The Morgan fingerprint density at radius 1 is 1.14 bits per heavy atom. The maximum Gasteiger partial charge on any atom is 0.230 e. The molecule has 2 heterocycles. The number of rotatable bonds is 6. The van der Waals surface area contributed by atoms with Crippen LogP contribution in [0.2, 0.25) is 0 Å². The summed E-state index contributed by atoms with van der Waals surface area (Å²) in [6.07, 6.45) is 6.31. The van der Waals surface area contributed by atoms with Crippen LogP contribution in [-0.2, 0) is 4.79 Å². The van der Waals surface area contributed by atoms with Crippen LogP contribution in [0.25, 0.3) is 17.2 Å². The lowest BCUT2D eigenvalue weighted by Gasteiger charge is -2.13. The first-order valence-electron chi connectivity index (χ1n) is 9.98. The minimum absolute atomic E-state index is 0.0521. The summed E-state index contributed by atoms with van der Waals surface area (Å²) in [6.45, 7) is 4.15. The Kier molecular flexibility index (Phi) is 5.94. The summed E-state index contributed by atoms with van der Waals surface area (Å²) < 4.78 is 2.00. The van der Waals surface area contributed by atoms with Crippen LogP contribution in [0, 0.1) is 13.8 Å². The minimum atomic E-state index is 0.0521. The third kappa shape index (κ3) is 4.67. The second kappa shape index (κ2) is 8.78. The molecule has 1 amide bonds. The summed E-state index contributed by atoms with van der Waals surface area (Å²) in [5, 5.41) is 12.6. The van der Waals surface area contributed by atoms with Gasteiger partial charge in [0.15, 0.2) is 11.0 Å². The van der Waals surface area contributed by atoms with Gasteiger partial charge in [0.25, 0.3) is 0 Å². The molecule has 1 aliphatic carbocycles. The van der Waals surface area contributed by atoms with Crippen molar-refractivity contribution in [2.24, 2.45) is 0 Å². The Hall–Kier alpha value is -2.67. The van der Waals surface area contributed by atoms with Crippen molar-refractivity contribution in [1.29, 1.82) is 0 Å². The summed E-state index contributed by atoms with van der Waals surface area (Å²) in [5.74, 6) is 1.05. The quantitative estimate of drug-likeness (QED) is 0.623. The van der Waals surface area contributed by atoms with Crippen molar-refractivity contribution < 1.29 is 4.79 Å². The molecule has 1 aromatic carbocycles. The third-order valence-electron chi connectivity index (χ3n) is 5.04. The molecular weight excluding hydrogens is 382 g/mol. The van der Waals surface area contributed by atoms with Crippen LogP contribution in [0.3, 0.4) is 0 Å². The van der Waals surface area contributed by atoms with Crippen molar-refractivity contribution >= 4 is 17.7 Å². The van der Waals surface area contributed by atoms with Gasteiger partial charge in [-0.15, -0.1) is 10.2 Å². The number of thioether (sulfide) groups is 1. The highest BCUT2D eigenvalue weighted by atomic mass is 32.2. The first kappa shape index (κ1) is 19.6. The zero-order valence-corrected chi connectivity index (χ0v) is 17.6. The van der Waals surface area contributed by atoms with Crippen molar-refractivity contribution in [2.75, 3.05) is 5.75 Å². The molecule has 7 heteroatoms. The fourth-order valence-electron chi connectivity index (χ4n) is 3.81. The summed E-state index contributed by atoms with van der Waals surface area (Å²) >= 11 is 1.41. The van der Waals surface area contributed by atoms with Crippen LogP contribution in [-0.4, -0.2) is 37.5 Å². The zero-order valence-electron chi connectivity index (χ0n) is 16.8. The second-order valence-electron chi connectivity index (χ2n) is 7.54. The SMILES string of the molecule is Cc1cc(C)cc(-n2c(SCC(=O)NC3CCCC3)nnc2-c2ccccn2)c1. The van der Waals surface area contributed by atoms with Gasteiger partial charge < -0.3 is 5.32 Å². The second-order valence-corrected chi connectivity index (χ2v) is 8.48. The van der Waals surface area contributed by atoms with E-state index in [0.29, 0.717) is 22.8 Å². The Bertz CT molecular complexity index is 975. The van der Waals surface area contributed by atoms with Crippen molar-refractivity contribution in [3.05, 3.63) is 53.7 Å². The van der Waals surface area contributed by atoms with Gasteiger partial charge in [-0.3, -0.25) is 14.3 Å². The molecule has 0 spiro atoms. The smallest absolute Gasteiger partial charge is 0.230 e. The Morgan fingerprint density at radius 3 is 2.59 bits per heavy atom. The van der Waals surface area contributed by atoms with E-state index in [9.17, 15) is 4.79 Å². The number of benzene rings is 1. The van der Waals surface area contributed by atoms with E-state index >= 15 is 0 Å². The molecule has 0 bridgehead atoms. The Morgan fingerprint density at radius 2 is 1.90 bits per heavy atom. The van der Waals surface area contributed by atoms with E-state index in [1.54, 1.807) is 6.20 Å². The predicted molar refractivity (Wildman–Crippen MR) is 115 cm³/mol. The maximum absolute atomic E-state index is 12.4.